The van der Waals surface area contributed by atoms with E-state index in [2.05, 4.69) is 0 Å². The highest BCUT2D eigenvalue weighted by molar-refractivity contribution is 5.77. The van der Waals surface area contributed by atoms with Crippen LogP contribution in [0.2, 0.25) is 0 Å². The molecular weight excluding hydrogens is 284 g/mol. The summed E-state index contributed by atoms with van der Waals surface area (Å²) in [5.41, 5.74) is 0. The molecule has 0 bridgehead atoms. The van der Waals surface area contributed by atoms with Gasteiger partial charge in [0.15, 0.2) is 0 Å². The Labute approximate surface area is 144 Å². The quantitative estimate of drug-likeness (QED) is 0.193. The summed E-state index contributed by atoms with van der Waals surface area (Å²) in [6.45, 7) is 1.96. The minimum atomic E-state index is 0.422. The fraction of sp³-hybridized carbons (Fsp3) is 0.905. The van der Waals surface area contributed by atoms with Crippen LogP contribution in [-0.4, -0.2) is 12.1 Å². The first-order chi connectivity index (χ1) is 11.3. The van der Waals surface area contributed by atoms with Crippen LogP contribution in [0.3, 0.4) is 0 Å². The fourth-order valence-corrected chi connectivity index (χ4v) is 3.02. The summed E-state index contributed by atoms with van der Waals surface area (Å²) in [6.07, 6.45) is 23.0. The zero-order chi connectivity index (χ0) is 17.0. The number of aldehydes is 1. The summed E-state index contributed by atoms with van der Waals surface area (Å²) < 4.78 is 0. The molecule has 0 amide bonds. The molecule has 2 heteroatoms. The third-order valence-corrected chi connectivity index (χ3v) is 4.67. The number of ketones is 1. The van der Waals surface area contributed by atoms with Crippen molar-refractivity contribution in [1.29, 1.82) is 0 Å². The van der Waals surface area contributed by atoms with Gasteiger partial charge in [-0.3, -0.25) is 4.79 Å². The van der Waals surface area contributed by atoms with E-state index in [-0.39, 0.29) is 0 Å². The molecule has 0 aromatic rings. The lowest BCUT2D eigenvalue weighted by Crippen LogP contribution is -1.94. The maximum Gasteiger partial charge on any atom is 0.132 e. The van der Waals surface area contributed by atoms with Crippen LogP contribution in [0.5, 0.6) is 0 Å². The van der Waals surface area contributed by atoms with Crippen molar-refractivity contribution in [3.63, 3.8) is 0 Å². The molecule has 0 rings (SSSR count). The molecule has 2 nitrogen and oxygen atoms in total. The van der Waals surface area contributed by atoms with E-state index in [0.29, 0.717) is 12.2 Å². The molecule has 0 atom stereocenters. The van der Waals surface area contributed by atoms with E-state index in [1.807, 2.05) is 6.92 Å². The number of hydrogen-bond donors (Lipinski definition) is 0. The van der Waals surface area contributed by atoms with Crippen LogP contribution in [0.1, 0.15) is 122 Å². The summed E-state index contributed by atoms with van der Waals surface area (Å²) in [5.74, 6) is 0.422. The third kappa shape index (κ3) is 19.3. The molecule has 23 heavy (non-hydrogen) atoms. The van der Waals surface area contributed by atoms with Crippen LogP contribution >= 0.6 is 0 Å². The Morgan fingerprint density at radius 1 is 0.609 bits per heavy atom. The van der Waals surface area contributed by atoms with Crippen molar-refractivity contribution < 1.29 is 9.59 Å². The summed E-state index contributed by atoms with van der Waals surface area (Å²) in [7, 11) is 0. The molecule has 0 saturated heterocycles. The van der Waals surface area contributed by atoms with Crippen molar-refractivity contribution in [1.82, 2.24) is 0 Å². The number of unbranched alkanes of at least 4 members (excludes halogenated alkanes) is 15. The van der Waals surface area contributed by atoms with Gasteiger partial charge in [-0.25, -0.2) is 0 Å². The van der Waals surface area contributed by atoms with Gasteiger partial charge < -0.3 is 4.79 Å². The van der Waals surface area contributed by atoms with E-state index in [1.54, 1.807) is 0 Å². The molecule has 0 radical (unpaired) electrons. The Kier molecular flexibility index (Phi) is 18.8. The van der Waals surface area contributed by atoms with Crippen LogP contribution in [-0.2, 0) is 9.59 Å². The van der Waals surface area contributed by atoms with Crippen LogP contribution in [0, 0.1) is 0 Å². The Balaban J connectivity index is 3.00. The highest BCUT2D eigenvalue weighted by Crippen LogP contribution is 2.14. The Bertz CT molecular complexity index is 261. The lowest BCUT2D eigenvalue weighted by atomic mass is 10.0. The largest absolute Gasteiger partial charge is 0.303 e. The van der Waals surface area contributed by atoms with E-state index in [4.69, 9.17) is 0 Å². The standard InChI is InChI=1S/C21H40O2/c1-2-21(23)19-17-15-13-11-9-7-5-3-4-6-8-10-12-14-16-18-20-22/h20H,2-19H2,1H3. The molecule has 0 fully saturated rings. The molecule has 0 N–H and O–H groups in total. The highest BCUT2D eigenvalue weighted by atomic mass is 16.1. The van der Waals surface area contributed by atoms with Gasteiger partial charge in [0.05, 0.1) is 0 Å². The number of Topliss-reactive ketones (excluding diaryl/α,β-unsaturated/α-hetero) is 1. The van der Waals surface area contributed by atoms with Gasteiger partial charge in [-0.15, -0.1) is 0 Å². The topological polar surface area (TPSA) is 34.1 Å². The predicted molar refractivity (Wildman–Crippen MR) is 99.9 cm³/mol. The van der Waals surface area contributed by atoms with Crippen molar-refractivity contribution in [3.05, 3.63) is 0 Å². The van der Waals surface area contributed by atoms with Crippen molar-refractivity contribution in [2.24, 2.45) is 0 Å². The Morgan fingerprint density at radius 3 is 1.30 bits per heavy atom. The van der Waals surface area contributed by atoms with Gasteiger partial charge in [0.25, 0.3) is 0 Å². The molecule has 0 aliphatic rings. The van der Waals surface area contributed by atoms with E-state index in [9.17, 15) is 9.59 Å². The second-order valence-electron chi connectivity index (χ2n) is 6.90. The Hall–Kier alpha value is -0.660. The van der Waals surface area contributed by atoms with Gasteiger partial charge in [-0.2, -0.15) is 0 Å². The number of carbonyl (C=O) groups is 2. The van der Waals surface area contributed by atoms with E-state index >= 15 is 0 Å². The van der Waals surface area contributed by atoms with Gasteiger partial charge in [0, 0.05) is 19.3 Å². The first-order valence-electron chi connectivity index (χ1n) is 10.3. The van der Waals surface area contributed by atoms with Crippen molar-refractivity contribution in [3.8, 4) is 0 Å². The molecule has 0 aromatic carbocycles. The van der Waals surface area contributed by atoms with Gasteiger partial charge >= 0.3 is 0 Å². The first kappa shape index (κ1) is 22.3. The molecule has 136 valence electrons. The third-order valence-electron chi connectivity index (χ3n) is 4.67. The zero-order valence-electron chi connectivity index (χ0n) is 15.6. The normalized spacial score (nSPS) is 10.8. The van der Waals surface area contributed by atoms with Crippen molar-refractivity contribution >= 4 is 12.1 Å². The van der Waals surface area contributed by atoms with Crippen molar-refractivity contribution in [2.45, 2.75) is 122 Å². The molecule has 0 saturated carbocycles. The molecule has 0 aromatic heterocycles. The van der Waals surface area contributed by atoms with Crippen LogP contribution in [0.15, 0.2) is 0 Å². The minimum absolute atomic E-state index is 0.422. The van der Waals surface area contributed by atoms with Gasteiger partial charge in [0.2, 0.25) is 0 Å². The zero-order valence-corrected chi connectivity index (χ0v) is 15.6. The summed E-state index contributed by atoms with van der Waals surface area (Å²) >= 11 is 0. The molecular formula is C21H40O2. The lowest BCUT2D eigenvalue weighted by molar-refractivity contribution is -0.118. The maximum atomic E-state index is 11.2. The van der Waals surface area contributed by atoms with Gasteiger partial charge in [-0.05, 0) is 12.8 Å². The average molecular weight is 325 g/mol. The SMILES string of the molecule is CCC(=O)CCCCCCCCCCCCCCCCCC=O. The summed E-state index contributed by atoms with van der Waals surface area (Å²) in [4.78, 5) is 21.3. The van der Waals surface area contributed by atoms with Crippen LogP contribution in [0.25, 0.3) is 0 Å². The molecule has 0 heterocycles. The Morgan fingerprint density at radius 2 is 0.957 bits per heavy atom. The average Bonchev–Trinajstić information content (AvgIpc) is 2.57. The second-order valence-corrected chi connectivity index (χ2v) is 6.90. The molecule has 0 aliphatic heterocycles. The smallest absolute Gasteiger partial charge is 0.132 e. The number of hydrogen-bond acceptors (Lipinski definition) is 2. The van der Waals surface area contributed by atoms with E-state index < -0.39 is 0 Å². The number of rotatable bonds is 19. The molecule has 0 spiro atoms. The number of carbonyl (C=O) groups excluding carboxylic acids is 2. The first-order valence-corrected chi connectivity index (χ1v) is 10.3. The van der Waals surface area contributed by atoms with Gasteiger partial charge in [0.1, 0.15) is 12.1 Å². The maximum absolute atomic E-state index is 11.2. The van der Waals surface area contributed by atoms with E-state index in [0.717, 1.165) is 32.0 Å². The summed E-state index contributed by atoms with van der Waals surface area (Å²) in [6, 6.07) is 0. The van der Waals surface area contributed by atoms with Crippen LogP contribution in [0.4, 0.5) is 0 Å². The predicted octanol–water partition coefficient (Wildman–Crippen LogP) is 6.80. The monoisotopic (exact) mass is 324 g/mol. The van der Waals surface area contributed by atoms with E-state index in [1.165, 1.54) is 83.5 Å². The second kappa shape index (κ2) is 19.4. The summed E-state index contributed by atoms with van der Waals surface area (Å²) in [5, 5.41) is 0. The fourth-order valence-electron chi connectivity index (χ4n) is 3.02. The minimum Gasteiger partial charge on any atom is -0.303 e. The highest BCUT2D eigenvalue weighted by Gasteiger charge is 1.98. The molecule has 0 unspecified atom stereocenters. The van der Waals surface area contributed by atoms with Crippen molar-refractivity contribution in [2.75, 3.05) is 0 Å². The van der Waals surface area contributed by atoms with Crippen LogP contribution < -0.4 is 0 Å². The molecule has 0 aliphatic carbocycles. The van der Waals surface area contributed by atoms with Gasteiger partial charge in [-0.1, -0.05) is 90.4 Å². The lowest BCUT2D eigenvalue weighted by Gasteiger charge is -2.03.